The van der Waals surface area contributed by atoms with Gasteiger partial charge in [0.25, 0.3) is 0 Å². The van der Waals surface area contributed by atoms with Crippen molar-refractivity contribution < 1.29 is 9.53 Å². The van der Waals surface area contributed by atoms with E-state index in [0.717, 1.165) is 56.6 Å². The van der Waals surface area contributed by atoms with Gasteiger partial charge in [0.05, 0.1) is 13.0 Å². The van der Waals surface area contributed by atoms with Gasteiger partial charge in [0, 0.05) is 19.6 Å². The number of ether oxygens (including phenoxy) is 1. The van der Waals surface area contributed by atoms with Crippen LogP contribution in [0, 0.1) is 5.92 Å². The minimum absolute atomic E-state index is 0.0183. The third-order valence-electron chi connectivity index (χ3n) is 5.47. The molecule has 1 aromatic carbocycles. The van der Waals surface area contributed by atoms with Crippen molar-refractivity contribution in [2.45, 2.75) is 38.1 Å². The summed E-state index contributed by atoms with van der Waals surface area (Å²) in [6.45, 7) is 2.51. The molecule has 0 saturated carbocycles. The first-order valence-corrected chi connectivity index (χ1v) is 9.02. The van der Waals surface area contributed by atoms with Gasteiger partial charge >= 0.3 is 0 Å². The molecule has 0 N–H and O–H groups in total. The molecule has 0 radical (unpaired) electrons. The van der Waals surface area contributed by atoms with E-state index in [-0.39, 0.29) is 11.8 Å². The van der Waals surface area contributed by atoms with Gasteiger partial charge in [0.2, 0.25) is 5.91 Å². The van der Waals surface area contributed by atoms with Crippen molar-refractivity contribution in [3.8, 4) is 5.75 Å². The number of methoxy groups -OCH3 is 1. The van der Waals surface area contributed by atoms with Gasteiger partial charge in [-0.1, -0.05) is 6.07 Å². The van der Waals surface area contributed by atoms with E-state index in [0.29, 0.717) is 5.92 Å². The number of aromatic nitrogens is 3. The highest BCUT2D eigenvalue weighted by atomic mass is 16.5. The lowest BCUT2D eigenvalue weighted by Gasteiger charge is -2.34. The van der Waals surface area contributed by atoms with Crippen molar-refractivity contribution in [1.82, 2.24) is 19.7 Å². The minimum Gasteiger partial charge on any atom is -0.497 e. The highest BCUT2D eigenvalue weighted by molar-refractivity contribution is 5.85. The SMILES string of the molecule is COc1ccc2c(c1)C(C(=O)N1CCCC(Cn3cncn3)C1)CC2. The maximum atomic E-state index is 13.2. The van der Waals surface area contributed by atoms with E-state index in [9.17, 15) is 4.79 Å². The molecule has 6 nitrogen and oxygen atoms in total. The van der Waals surface area contributed by atoms with Crippen LogP contribution in [-0.2, 0) is 17.8 Å². The van der Waals surface area contributed by atoms with Crippen LogP contribution in [0.3, 0.4) is 0 Å². The van der Waals surface area contributed by atoms with Crippen molar-refractivity contribution in [2.75, 3.05) is 20.2 Å². The largest absolute Gasteiger partial charge is 0.497 e. The highest BCUT2D eigenvalue weighted by Gasteiger charge is 2.34. The van der Waals surface area contributed by atoms with Gasteiger partial charge in [-0.3, -0.25) is 9.48 Å². The molecule has 6 heteroatoms. The Bertz CT molecular complexity index is 744. The van der Waals surface area contributed by atoms with Gasteiger partial charge in [-0.15, -0.1) is 0 Å². The molecule has 1 amide bonds. The quantitative estimate of drug-likeness (QED) is 0.856. The van der Waals surface area contributed by atoms with Gasteiger partial charge in [0.15, 0.2) is 0 Å². The second kappa shape index (κ2) is 6.86. The van der Waals surface area contributed by atoms with Crippen LogP contribution in [0.15, 0.2) is 30.9 Å². The van der Waals surface area contributed by atoms with Crippen molar-refractivity contribution in [3.63, 3.8) is 0 Å². The lowest BCUT2D eigenvalue weighted by atomic mass is 9.94. The maximum absolute atomic E-state index is 13.2. The monoisotopic (exact) mass is 340 g/mol. The normalized spacial score (nSPS) is 22.7. The van der Waals surface area contributed by atoms with Crippen LogP contribution >= 0.6 is 0 Å². The van der Waals surface area contributed by atoms with E-state index in [4.69, 9.17) is 4.74 Å². The Morgan fingerprint density at radius 3 is 3.08 bits per heavy atom. The number of aryl methyl sites for hydroxylation is 1. The smallest absolute Gasteiger partial charge is 0.230 e. The van der Waals surface area contributed by atoms with Gasteiger partial charge in [-0.05, 0) is 54.9 Å². The minimum atomic E-state index is -0.0183. The maximum Gasteiger partial charge on any atom is 0.230 e. The molecule has 2 unspecified atom stereocenters. The molecule has 0 spiro atoms. The van der Waals surface area contributed by atoms with Crippen LogP contribution in [0.1, 0.15) is 36.3 Å². The fourth-order valence-electron chi connectivity index (χ4n) is 4.19. The average Bonchev–Trinajstić information content (AvgIpc) is 3.30. The number of carbonyl (C=O) groups is 1. The van der Waals surface area contributed by atoms with Crippen molar-refractivity contribution in [3.05, 3.63) is 42.0 Å². The van der Waals surface area contributed by atoms with Crippen LogP contribution < -0.4 is 4.74 Å². The Morgan fingerprint density at radius 2 is 2.28 bits per heavy atom. The summed E-state index contributed by atoms with van der Waals surface area (Å²) < 4.78 is 7.22. The number of hydrogen-bond acceptors (Lipinski definition) is 4. The summed E-state index contributed by atoms with van der Waals surface area (Å²) in [7, 11) is 1.67. The second-order valence-electron chi connectivity index (χ2n) is 7.07. The number of nitrogens with zero attached hydrogens (tertiary/aromatic N) is 4. The third-order valence-corrected chi connectivity index (χ3v) is 5.47. The Labute approximate surface area is 147 Å². The molecule has 1 aliphatic heterocycles. The molecule has 2 heterocycles. The third kappa shape index (κ3) is 3.25. The summed E-state index contributed by atoms with van der Waals surface area (Å²) >= 11 is 0. The van der Waals surface area contributed by atoms with Crippen molar-refractivity contribution >= 4 is 5.91 Å². The van der Waals surface area contributed by atoms with Crippen LogP contribution in [0.25, 0.3) is 0 Å². The number of likely N-dealkylation sites (tertiary alicyclic amines) is 1. The van der Waals surface area contributed by atoms with E-state index in [1.807, 2.05) is 16.8 Å². The Hall–Kier alpha value is -2.37. The first-order valence-electron chi connectivity index (χ1n) is 9.02. The first-order chi connectivity index (χ1) is 12.2. The lowest BCUT2D eigenvalue weighted by Crippen LogP contribution is -2.43. The van der Waals surface area contributed by atoms with E-state index < -0.39 is 0 Å². The van der Waals surface area contributed by atoms with Crippen LogP contribution in [0.5, 0.6) is 5.75 Å². The molecule has 25 heavy (non-hydrogen) atoms. The highest BCUT2D eigenvalue weighted by Crippen LogP contribution is 2.37. The Morgan fingerprint density at radius 1 is 1.36 bits per heavy atom. The standard InChI is InChI=1S/C19H24N4O2/c1-25-16-6-4-15-5-7-17(18(15)9-16)19(24)22-8-2-3-14(10-22)11-23-13-20-12-21-23/h4,6,9,12-14,17H,2-3,5,7-8,10-11H2,1H3. The number of amides is 1. The van der Waals surface area contributed by atoms with E-state index in [1.165, 1.54) is 5.56 Å². The van der Waals surface area contributed by atoms with E-state index >= 15 is 0 Å². The summed E-state index contributed by atoms with van der Waals surface area (Å²) in [5, 5.41) is 4.19. The summed E-state index contributed by atoms with van der Waals surface area (Å²) in [5.41, 5.74) is 2.44. The number of fused-ring (bicyclic) bond motifs is 1. The summed E-state index contributed by atoms with van der Waals surface area (Å²) in [4.78, 5) is 19.2. The van der Waals surface area contributed by atoms with Crippen molar-refractivity contribution in [1.29, 1.82) is 0 Å². The Kier molecular flexibility index (Phi) is 4.42. The summed E-state index contributed by atoms with van der Waals surface area (Å²) in [5.74, 6) is 1.54. The molecular weight excluding hydrogens is 316 g/mol. The topological polar surface area (TPSA) is 60.2 Å². The predicted molar refractivity (Wildman–Crippen MR) is 93.4 cm³/mol. The van der Waals surface area contributed by atoms with E-state index in [1.54, 1.807) is 19.8 Å². The van der Waals surface area contributed by atoms with Crippen LogP contribution in [0.2, 0.25) is 0 Å². The zero-order chi connectivity index (χ0) is 17.2. The van der Waals surface area contributed by atoms with Gasteiger partial charge in [0.1, 0.15) is 18.4 Å². The molecule has 0 bridgehead atoms. The van der Waals surface area contributed by atoms with Crippen LogP contribution in [0.4, 0.5) is 0 Å². The molecule has 1 saturated heterocycles. The fraction of sp³-hybridized carbons (Fsp3) is 0.526. The van der Waals surface area contributed by atoms with Gasteiger partial charge in [-0.25, -0.2) is 4.98 Å². The summed E-state index contributed by atoms with van der Waals surface area (Å²) in [6.07, 6.45) is 7.40. The molecule has 4 rings (SSSR count). The number of piperidine rings is 1. The fourth-order valence-corrected chi connectivity index (χ4v) is 4.19. The number of benzene rings is 1. The first kappa shape index (κ1) is 16.1. The molecule has 2 atom stereocenters. The zero-order valence-electron chi connectivity index (χ0n) is 14.6. The number of rotatable bonds is 4. The molecular formula is C19H24N4O2. The van der Waals surface area contributed by atoms with E-state index in [2.05, 4.69) is 21.0 Å². The number of carbonyl (C=O) groups excluding carboxylic acids is 1. The predicted octanol–water partition coefficient (Wildman–Crippen LogP) is 2.26. The van der Waals surface area contributed by atoms with Crippen LogP contribution in [-0.4, -0.2) is 45.8 Å². The molecule has 2 aliphatic rings. The molecule has 2 aromatic rings. The van der Waals surface area contributed by atoms with Gasteiger partial charge in [-0.2, -0.15) is 5.10 Å². The van der Waals surface area contributed by atoms with Gasteiger partial charge < -0.3 is 9.64 Å². The summed E-state index contributed by atoms with van der Waals surface area (Å²) in [6, 6.07) is 6.13. The molecule has 132 valence electrons. The van der Waals surface area contributed by atoms with Crippen molar-refractivity contribution in [2.24, 2.45) is 5.92 Å². The number of hydrogen-bond donors (Lipinski definition) is 0. The lowest BCUT2D eigenvalue weighted by molar-refractivity contribution is -0.134. The second-order valence-corrected chi connectivity index (χ2v) is 7.07. The molecule has 1 aliphatic carbocycles. The Balaban J connectivity index is 1.46. The zero-order valence-corrected chi connectivity index (χ0v) is 14.6. The average molecular weight is 340 g/mol. The molecule has 1 aromatic heterocycles. The molecule has 1 fully saturated rings.